The molecule has 2 aliphatic rings. The molecule has 0 fully saturated rings. The highest BCUT2D eigenvalue weighted by atomic mass is 15.5. The first-order chi connectivity index (χ1) is 19.1. The van der Waals surface area contributed by atoms with Crippen molar-refractivity contribution in [2.75, 3.05) is 9.80 Å². The summed E-state index contributed by atoms with van der Waals surface area (Å²) in [5.41, 5.74) is 7.17. The van der Waals surface area contributed by atoms with Gasteiger partial charge < -0.3 is 9.80 Å². The third kappa shape index (κ3) is 3.45. The van der Waals surface area contributed by atoms with Gasteiger partial charge in [0.25, 0.3) is 0 Å². The topological polar surface area (TPSA) is 32.3 Å². The minimum Gasteiger partial charge on any atom is -0.302 e. The average molecular weight is 507 g/mol. The molecule has 5 aromatic rings. The van der Waals surface area contributed by atoms with Crippen LogP contribution in [0.25, 0.3) is 22.5 Å². The van der Waals surface area contributed by atoms with Crippen LogP contribution in [0, 0.1) is 5.92 Å². The molecule has 0 aliphatic carbocycles. The second-order valence-electron chi connectivity index (χ2n) is 10.6. The van der Waals surface area contributed by atoms with Gasteiger partial charge in [-0.3, -0.25) is 0 Å². The average Bonchev–Trinajstić information content (AvgIpc) is 3.35. The second-order valence-corrected chi connectivity index (χ2v) is 10.6. The van der Waals surface area contributed by atoms with Gasteiger partial charge in [0.1, 0.15) is 6.17 Å². The third-order valence-electron chi connectivity index (χ3n) is 8.54. The lowest BCUT2D eigenvalue weighted by molar-refractivity contribution is 0.312. The maximum Gasteiger partial charge on any atom is 0.179 e. The van der Waals surface area contributed by atoms with E-state index in [1.165, 1.54) is 5.56 Å². The Morgan fingerprint density at radius 3 is 1.72 bits per heavy atom. The fourth-order valence-electron chi connectivity index (χ4n) is 6.26. The lowest BCUT2D eigenvalue weighted by Crippen LogP contribution is -2.54. The summed E-state index contributed by atoms with van der Waals surface area (Å²) in [4.78, 5) is 15.7. The number of fused-ring (bicyclic) bond motifs is 5. The van der Waals surface area contributed by atoms with Crippen LogP contribution in [0.4, 0.5) is 23.0 Å². The van der Waals surface area contributed by atoms with E-state index in [0.29, 0.717) is 0 Å². The van der Waals surface area contributed by atoms with Crippen LogP contribution in [-0.4, -0.2) is 16.1 Å². The van der Waals surface area contributed by atoms with Crippen molar-refractivity contribution in [2.24, 2.45) is 5.92 Å². The minimum absolute atomic E-state index is 0.0186. The van der Waals surface area contributed by atoms with Gasteiger partial charge in [-0.2, -0.15) is 0 Å². The summed E-state index contributed by atoms with van der Waals surface area (Å²) in [5, 5.41) is 0. The first-order valence-corrected chi connectivity index (χ1v) is 13.5. The van der Waals surface area contributed by atoms with E-state index in [9.17, 15) is 0 Å². The van der Waals surface area contributed by atoms with Gasteiger partial charge in [-0.25, -0.2) is 9.97 Å². The fourth-order valence-corrected chi connectivity index (χ4v) is 6.26. The van der Waals surface area contributed by atoms with E-state index >= 15 is 0 Å². The Balaban J connectivity index is 1.57. The van der Waals surface area contributed by atoms with E-state index in [1.54, 1.807) is 0 Å². The Morgan fingerprint density at radius 1 is 0.667 bits per heavy atom. The van der Waals surface area contributed by atoms with Crippen molar-refractivity contribution < 1.29 is 0 Å². The number of hydrogen-bond donors (Lipinski definition) is 0. The molecule has 4 nitrogen and oxygen atoms in total. The molecular weight excluding hydrogens is 476 g/mol. The predicted molar refractivity (Wildman–Crippen MR) is 161 cm³/mol. The standard InChI is InChI=1S/C35H30N4/c1-4-35(3)24(2)34-38(27-20-12-7-13-21-27)32-33(39(34)29-23-15-14-22-28(29)35)37-31(26-18-10-6-11-19-26)30(36-32)25-16-8-5-9-17-25/h4-24,34H,1H2,2-3H3. The number of aromatic nitrogens is 2. The summed E-state index contributed by atoms with van der Waals surface area (Å²) in [6.07, 6.45) is 2.10. The number of benzene rings is 4. The first-order valence-electron chi connectivity index (χ1n) is 13.5. The quantitative estimate of drug-likeness (QED) is 0.229. The molecule has 7 rings (SSSR count). The number of hydrogen-bond acceptors (Lipinski definition) is 4. The summed E-state index contributed by atoms with van der Waals surface area (Å²) >= 11 is 0. The molecule has 0 spiro atoms. The van der Waals surface area contributed by atoms with E-state index < -0.39 is 0 Å². The predicted octanol–water partition coefficient (Wildman–Crippen LogP) is 8.52. The van der Waals surface area contributed by atoms with Crippen LogP contribution in [0.15, 0.2) is 128 Å². The Hall–Kier alpha value is -4.70. The molecule has 0 bridgehead atoms. The summed E-state index contributed by atoms with van der Waals surface area (Å²) in [6.45, 7) is 8.94. The van der Waals surface area contributed by atoms with Gasteiger partial charge in [-0.1, -0.05) is 117 Å². The van der Waals surface area contributed by atoms with Crippen LogP contribution in [0.2, 0.25) is 0 Å². The van der Waals surface area contributed by atoms with Crippen LogP contribution in [0.1, 0.15) is 19.4 Å². The minimum atomic E-state index is -0.225. The summed E-state index contributed by atoms with van der Waals surface area (Å²) in [7, 11) is 0. The van der Waals surface area contributed by atoms with Gasteiger partial charge >= 0.3 is 0 Å². The van der Waals surface area contributed by atoms with Crippen molar-refractivity contribution in [3.63, 3.8) is 0 Å². The molecule has 4 heteroatoms. The Kier molecular flexibility index (Phi) is 5.38. The molecule has 3 unspecified atom stereocenters. The monoisotopic (exact) mass is 506 g/mol. The van der Waals surface area contributed by atoms with Crippen LogP contribution in [0.3, 0.4) is 0 Å². The van der Waals surface area contributed by atoms with Crippen molar-refractivity contribution in [2.45, 2.75) is 25.4 Å². The highest BCUT2D eigenvalue weighted by Gasteiger charge is 2.53. The maximum atomic E-state index is 5.46. The molecule has 4 aromatic carbocycles. The van der Waals surface area contributed by atoms with E-state index in [0.717, 1.165) is 45.5 Å². The lowest BCUT2D eigenvalue weighted by Gasteiger charge is -2.49. The molecule has 0 saturated heterocycles. The fraction of sp³-hybridized carbons (Fsp3) is 0.143. The van der Waals surface area contributed by atoms with E-state index in [2.05, 4.69) is 139 Å². The van der Waals surface area contributed by atoms with Gasteiger partial charge in [0.15, 0.2) is 11.6 Å². The second kappa shape index (κ2) is 8.95. The van der Waals surface area contributed by atoms with Crippen LogP contribution < -0.4 is 9.80 Å². The smallest absolute Gasteiger partial charge is 0.179 e. The molecule has 0 amide bonds. The Bertz CT molecular complexity index is 1670. The normalized spacial score (nSPS) is 21.2. The molecule has 1 aromatic heterocycles. The zero-order chi connectivity index (χ0) is 26.6. The summed E-state index contributed by atoms with van der Waals surface area (Å²) < 4.78 is 0. The summed E-state index contributed by atoms with van der Waals surface area (Å²) in [5.74, 6) is 1.95. The lowest BCUT2D eigenvalue weighted by atomic mass is 9.68. The number of anilines is 4. The van der Waals surface area contributed by atoms with E-state index in [-0.39, 0.29) is 17.5 Å². The van der Waals surface area contributed by atoms with Crippen molar-refractivity contribution in [1.82, 2.24) is 9.97 Å². The van der Waals surface area contributed by atoms with Crippen molar-refractivity contribution in [3.8, 4) is 22.5 Å². The number of allylic oxidation sites excluding steroid dienone is 1. The van der Waals surface area contributed by atoms with Crippen LogP contribution >= 0.6 is 0 Å². The Labute approximate surface area is 229 Å². The molecular formula is C35H30N4. The first kappa shape index (κ1) is 23.4. The van der Waals surface area contributed by atoms with E-state index in [4.69, 9.17) is 9.97 Å². The third-order valence-corrected chi connectivity index (χ3v) is 8.54. The highest BCUT2D eigenvalue weighted by Crippen LogP contribution is 2.57. The molecule has 0 N–H and O–H groups in total. The SMILES string of the molecule is C=CC1(C)c2ccccc2N2c3nc(-c4ccccc4)c(-c4ccccc4)nc3N(c3ccccc3)C2C1C. The van der Waals surface area contributed by atoms with Gasteiger partial charge in [0.05, 0.1) is 11.4 Å². The van der Waals surface area contributed by atoms with Crippen LogP contribution in [-0.2, 0) is 5.41 Å². The van der Waals surface area contributed by atoms with Crippen molar-refractivity contribution in [3.05, 3.63) is 133 Å². The molecule has 190 valence electrons. The van der Waals surface area contributed by atoms with Gasteiger partial charge in [-0.05, 0) is 23.8 Å². The molecule has 0 saturated carbocycles. The Morgan fingerprint density at radius 2 is 1.15 bits per heavy atom. The maximum absolute atomic E-state index is 5.46. The van der Waals surface area contributed by atoms with Gasteiger partial charge in [-0.15, -0.1) is 6.58 Å². The number of nitrogens with zero attached hydrogens (tertiary/aromatic N) is 4. The molecule has 39 heavy (non-hydrogen) atoms. The molecule has 0 radical (unpaired) electrons. The van der Waals surface area contributed by atoms with Crippen LogP contribution in [0.5, 0.6) is 0 Å². The zero-order valence-electron chi connectivity index (χ0n) is 22.2. The summed E-state index contributed by atoms with van der Waals surface area (Å²) in [6, 6.07) is 40.1. The molecule has 3 heterocycles. The zero-order valence-corrected chi connectivity index (χ0v) is 22.2. The molecule has 3 atom stereocenters. The van der Waals surface area contributed by atoms with Gasteiger partial charge in [0, 0.05) is 33.8 Å². The van der Waals surface area contributed by atoms with Gasteiger partial charge in [0.2, 0.25) is 0 Å². The van der Waals surface area contributed by atoms with Crippen molar-refractivity contribution in [1.29, 1.82) is 0 Å². The van der Waals surface area contributed by atoms with E-state index in [1.807, 2.05) is 12.1 Å². The number of para-hydroxylation sites is 2. The molecule has 2 aliphatic heterocycles. The largest absolute Gasteiger partial charge is 0.302 e. The van der Waals surface area contributed by atoms with Crippen molar-refractivity contribution >= 4 is 23.0 Å². The number of rotatable bonds is 4. The highest BCUT2D eigenvalue weighted by molar-refractivity contribution is 5.91.